The van der Waals surface area contributed by atoms with Crippen LogP contribution in [0.3, 0.4) is 0 Å². The number of methoxy groups -OCH3 is 1. The molecule has 1 saturated heterocycles. The van der Waals surface area contributed by atoms with Gasteiger partial charge in [-0.25, -0.2) is 0 Å². The summed E-state index contributed by atoms with van der Waals surface area (Å²) < 4.78 is 10.6. The smallest absolute Gasteiger partial charge is 0.232 e. The van der Waals surface area contributed by atoms with Crippen LogP contribution in [0.25, 0.3) is 0 Å². The number of ether oxygens (including phenoxy) is 2. The van der Waals surface area contributed by atoms with Crippen molar-refractivity contribution in [3.05, 3.63) is 29.8 Å². The first kappa shape index (κ1) is 18.9. The van der Waals surface area contributed by atoms with E-state index in [0.717, 1.165) is 0 Å². The van der Waals surface area contributed by atoms with Crippen LogP contribution < -0.4 is 26.0 Å². The summed E-state index contributed by atoms with van der Waals surface area (Å²) in [4.78, 5) is 36.1. The number of nitrogens with two attached hydrogens (primary N) is 1. The van der Waals surface area contributed by atoms with Crippen LogP contribution in [0.15, 0.2) is 24.3 Å². The first-order valence-electron chi connectivity index (χ1n) is 9.30. The van der Waals surface area contributed by atoms with Gasteiger partial charge in [-0.1, -0.05) is 12.1 Å². The number of morpholine rings is 1. The number of aromatic nitrogens is 2. The summed E-state index contributed by atoms with van der Waals surface area (Å²) in [6.07, 6.45) is -0.0432. The highest BCUT2D eigenvalue weighted by Crippen LogP contribution is 2.37. The Labute approximate surface area is 167 Å². The van der Waals surface area contributed by atoms with Gasteiger partial charge in [0.15, 0.2) is 0 Å². The molecule has 10 nitrogen and oxygen atoms in total. The average Bonchev–Trinajstić information content (AvgIpc) is 2.73. The lowest BCUT2D eigenvalue weighted by atomic mass is 9.92. The molecule has 0 aliphatic carbocycles. The maximum absolute atomic E-state index is 13.0. The predicted octanol–water partition coefficient (Wildman–Crippen LogP) is 0.968. The van der Waals surface area contributed by atoms with Gasteiger partial charge in [0.25, 0.3) is 0 Å². The lowest BCUT2D eigenvalue weighted by Gasteiger charge is -2.30. The average molecular weight is 398 g/mol. The quantitative estimate of drug-likeness (QED) is 0.694. The standard InChI is InChI=1S/C19H22N6O4/c1-28-13-5-3-2-4-12(13)21-18(27)11-10-14(26)22-17-15(11)16(20)23-19(24-17)25-6-8-29-9-7-25/h2-5,11H,6-10H2,1H3,(H,21,27)(H3,20,22,23,24,26). The summed E-state index contributed by atoms with van der Waals surface area (Å²) in [6.45, 7) is 2.39. The number of para-hydroxylation sites is 2. The Kier molecular flexibility index (Phi) is 5.17. The van der Waals surface area contributed by atoms with Gasteiger partial charge in [-0.3, -0.25) is 9.59 Å². The molecule has 10 heteroatoms. The Balaban J connectivity index is 1.64. The summed E-state index contributed by atoms with van der Waals surface area (Å²) in [5.41, 5.74) is 7.14. The number of nitrogen functional groups attached to an aromatic ring is 1. The van der Waals surface area contributed by atoms with Gasteiger partial charge in [0.05, 0.1) is 37.5 Å². The summed E-state index contributed by atoms with van der Waals surface area (Å²) in [5, 5.41) is 5.53. The summed E-state index contributed by atoms with van der Waals surface area (Å²) >= 11 is 0. The molecular formula is C19H22N6O4. The molecule has 4 N–H and O–H groups in total. The number of nitrogens with one attached hydrogen (secondary N) is 2. The summed E-state index contributed by atoms with van der Waals surface area (Å²) in [7, 11) is 1.52. The molecule has 1 unspecified atom stereocenters. The highest BCUT2D eigenvalue weighted by atomic mass is 16.5. The van der Waals surface area contributed by atoms with Crippen molar-refractivity contribution in [1.29, 1.82) is 0 Å². The zero-order valence-corrected chi connectivity index (χ0v) is 16.0. The first-order chi connectivity index (χ1) is 14.1. The summed E-state index contributed by atoms with van der Waals surface area (Å²) in [5.74, 6) is -0.0953. The van der Waals surface area contributed by atoms with Crippen molar-refractivity contribution in [2.24, 2.45) is 0 Å². The van der Waals surface area contributed by atoms with E-state index in [9.17, 15) is 9.59 Å². The molecular weight excluding hydrogens is 376 g/mol. The maximum Gasteiger partial charge on any atom is 0.232 e. The SMILES string of the molecule is COc1ccccc1NC(=O)C1CC(=O)Nc2nc(N3CCOCC3)nc(N)c21. The van der Waals surface area contributed by atoms with Gasteiger partial charge in [-0.2, -0.15) is 9.97 Å². The third-order valence-electron chi connectivity index (χ3n) is 4.93. The van der Waals surface area contributed by atoms with E-state index in [1.807, 2.05) is 4.90 Å². The maximum atomic E-state index is 13.0. The zero-order valence-electron chi connectivity index (χ0n) is 16.0. The molecule has 152 valence electrons. The third kappa shape index (κ3) is 3.79. The number of amides is 2. The van der Waals surface area contributed by atoms with E-state index in [0.29, 0.717) is 49.3 Å². The van der Waals surface area contributed by atoms with E-state index < -0.39 is 5.92 Å². The number of carbonyl (C=O) groups is 2. The number of nitrogens with zero attached hydrogens (tertiary/aromatic N) is 3. The second kappa shape index (κ2) is 7.92. The summed E-state index contributed by atoms with van der Waals surface area (Å²) in [6, 6.07) is 7.05. The topological polar surface area (TPSA) is 132 Å². The van der Waals surface area contributed by atoms with Crippen molar-refractivity contribution < 1.29 is 19.1 Å². The molecule has 2 aromatic rings. The molecule has 2 amide bonds. The molecule has 2 aliphatic rings. The zero-order chi connectivity index (χ0) is 20.4. The first-order valence-corrected chi connectivity index (χ1v) is 9.30. The molecule has 1 atom stereocenters. The fourth-order valence-corrected chi connectivity index (χ4v) is 3.48. The van der Waals surface area contributed by atoms with Crippen LogP contribution in [0, 0.1) is 0 Å². The molecule has 0 radical (unpaired) electrons. The van der Waals surface area contributed by atoms with E-state index in [1.54, 1.807) is 24.3 Å². The second-order valence-corrected chi connectivity index (χ2v) is 6.76. The highest BCUT2D eigenvalue weighted by Gasteiger charge is 2.35. The number of carbonyl (C=O) groups excluding carboxylic acids is 2. The van der Waals surface area contributed by atoms with Crippen LogP contribution in [-0.4, -0.2) is 55.2 Å². The van der Waals surface area contributed by atoms with Crippen molar-refractivity contribution in [2.45, 2.75) is 12.3 Å². The Morgan fingerprint density at radius 3 is 2.83 bits per heavy atom. The van der Waals surface area contributed by atoms with E-state index in [1.165, 1.54) is 7.11 Å². The molecule has 3 heterocycles. The van der Waals surface area contributed by atoms with Gasteiger partial charge in [-0.05, 0) is 12.1 Å². The van der Waals surface area contributed by atoms with Crippen molar-refractivity contribution in [1.82, 2.24) is 9.97 Å². The second-order valence-electron chi connectivity index (χ2n) is 6.76. The molecule has 4 rings (SSSR count). The number of benzene rings is 1. The van der Waals surface area contributed by atoms with E-state index >= 15 is 0 Å². The molecule has 29 heavy (non-hydrogen) atoms. The monoisotopic (exact) mass is 398 g/mol. The van der Waals surface area contributed by atoms with Crippen molar-refractivity contribution in [2.75, 3.05) is 54.7 Å². The molecule has 0 bridgehead atoms. The van der Waals surface area contributed by atoms with Gasteiger partial charge in [-0.15, -0.1) is 0 Å². The Hall–Kier alpha value is -3.40. The van der Waals surface area contributed by atoms with E-state index in [4.69, 9.17) is 15.2 Å². The van der Waals surface area contributed by atoms with Crippen LogP contribution in [-0.2, 0) is 14.3 Å². The molecule has 2 aliphatic heterocycles. The van der Waals surface area contributed by atoms with Gasteiger partial charge >= 0.3 is 0 Å². The Morgan fingerprint density at radius 1 is 1.31 bits per heavy atom. The van der Waals surface area contributed by atoms with Crippen LogP contribution in [0.5, 0.6) is 5.75 Å². The Morgan fingerprint density at radius 2 is 2.07 bits per heavy atom. The number of rotatable bonds is 4. The fraction of sp³-hybridized carbons (Fsp3) is 0.368. The molecule has 0 saturated carbocycles. The predicted molar refractivity (Wildman–Crippen MR) is 107 cm³/mol. The van der Waals surface area contributed by atoms with Crippen LogP contribution in [0.2, 0.25) is 0 Å². The van der Waals surface area contributed by atoms with Gasteiger partial charge in [0, 0.05) is 19.5 Å². The molecule has 1 aromatic heterocycles. The van der Waals surface area contributed by atoms with Crippen LogP contribution in [0.4, 0.5) is 23.3 Å². The fourth-order valence-electron chi connectivity index (χ4n) is 3.48. The van der Waals surface area contributed by atoms with E-state index in [2.05, 4.69) is 20.6 Å². The van der Waals surface area contributed by atoms with Crippen LogP contribution >= 0.6 is 0 Å². The lowest BCUT2D eigenvalue weighted by Crippen LogP contribution is -2.38. The third-order valence-corrected chi connectivity index (χ3v) is 4.93. The molecule has 1 aromatic carbocycles. The molecule has 1 fully saturated rings. The number of hydrogen-bond donors (Lipinski definition) is 3. The van der Waals surface area contributed by atoms with Gasteiger partial charge in [0.2, 0.25) is 17.8 Å². The number of hydrogen-bond acceptors (Lipinski definition) is 8. The van der Waals surface area contributed by atoms with Crippen molar-refractivity contribution >= 4 is 35.1 Å². The number of fused-ring (bicyclic) bond motifs is 1. The highest BCUT2D eigenvalue weighted by molar-refractivity contribution is 6.06. The molecule has 0 spiro atoms. The van der Waals surface area contributed by atoms with Gasteiger partial charge in [0.1, 0.15) is 17.4 Å². The minimum atomic E-state index is -0.803. The normalized spacial score (nSPS) is 18.6. The minimum Gasteiger partial charge on any atom is -0.495 e. The number of anilines is 4. The van der Waals surface area contributed by atoms with Crippen molar-refractivity contribution in [3.8, 4) is 5.75 Å². The largest absolute Gasteiger partial charge is 0.495 e. The van der Waals surface area contributed by atoms with E-state index in [-0.39, 0.29) is 29.9 Å². The minimum absolute atomic E-state index is 0.0432. The van der Waals surface area contributed by atoms with Crippen LogP contribution in [0.1, 0.15) is 17.9 Å². The van der Waals surface area contributed by atoms with Gasteiger partial charge < -0.3 is 30.7 Å². The Bertz CT molecular complexity index is 944. The lowest BCUT2D eigenvalue weighted by molar-refractivity contribution is -0.123. The van der Waals surface area contributed by atoms with Crippen molar-refractivity contribution in [3.63, 3.8) is 0 Å².